The Morgan fingerprint density at radius 3 is 3.11 bits per heavy atom. The lowest BCUT2D eigenvalue weighted by Gasteiger charge is -2.16. The van der Waals surface area contributed by atoms with E-state index in [0.29, 0.717) is 11.9 Å². The van der Waals surface area contributed by atoms with Gasteiger partial charge in [0.2, 0.25) is 0 Å². The van der Waals surface area contributed by atoms with Crippen molar-refractivity contribution in [3.63, 3.8) is 0 Å². The van der Waals surface area contributed by atoms with Gasteiger partial charge in [-0.2, -0.15) is 0 Å². The number of aromatic nitrogens is 3. The summed E-state index contributed by atoms with van der Waals surface area (Å²) in [5, 5.41) is 0.997. The lowest BCUT2D eigenvalue weighted by Crippen LogP contribution is -2.22. The fourth-order valence-electron chi connectivity index (χ4n) is 2.90. The molecule has 3 rings (SSSR count). The van der Waals surface area contributed by atoms with Crippen molar-refractivity contribution in [2.75, 3.05) is 25.4 Å². The molecule has 0 saturated carbocycles. The van der Waals surface area contributed by atoms with E-state index in [1.165, 1.54) is 25.9 Å². The van der Waals surface area contributed by atoms with E-state index >= 15 is 0 Å². The SMILES string of the molecule is CCCN1CC[C@H](n2cc(I)c3c(N)ncnc32)C1. The zero-order valence-corrected chi connectivity index (χ0v) is 13.2. The number of nitrogen functional groups attached to an aromatic ring is 1. The Balaban J connectivity index is 1.96. The average molecular weight is 371 g/mol. The van der Waals surface area contributed by atoms with Crippen LogP contribution in [0.15, 0.2) is 12.5 Å². The first kappa shape index (κ1) is 13.1. The van der Waals surface area contributed by atoms with Crippen molar-refractivity contribution in [3.05, 3.63) is 16.1 Å². The molecule has 0 unspecified atom stereocenters. The largest absolute Gasteiger partial charge is 0.383 e. The quantitative estimate of drug-likeness (QED) is 0.842. The van der Waals surface area contributed by atoms with Crippen molar-refractivity contribution in [2.24, 2.45) is 0 Å². The third kappa shape index (κ3) is 2.31. The first-order valence-electron chi connectivity index (χ1n) is 6.69. The van der Waals surface area contributed by atoms with E-state index in [0.717, 1.165) is 21.1 Å². The van der Waals surface area contributed by atoms with E-state index in [-0.39, 0.29) is 0 Å². The van der Waals surface area contributed by atoms with Crippen molar-refractivity contribution in [1.29, 1.82) is 0 Å². The van der Waals surface area contributed by atoms with Gasteiger partial charge in [-0.15, -0.1) is 0 Å². The van der Waals surface area contributed by atoms with Crippen molar-refractivity contribution >= 4 is 39.4 Å². The van der Waals surface area contributed by atoms with E-state index in [1.54, 1.807) is 6.33 Å². The van der Waals surface area contributed by atoms with Gasteiger partial charge in [-0.3, -0.25) is 0 Å². The van der Waals surface area contributed by atoms with Crippen LogP contribution in [-0.4, -0.2) is 39.1 Å². The summed E-state index contributed by atoms with van der Waals surface area (Å²) < 4.78 is 3.42. The maximum absolute atomic E-state index is 5.96. The summed E-state index contributed by atoms with van der Waals surface area (Å²) >= 11 is 2.32. The van der Waals surface area contributed by atoms with Crippen molar-refractivity contribution in [1.82, 2.24) is 19.4 Å². The third-order valence-corrected chi connectivity index (χ3v) is 4.59. The Labute approximate surface area is 126 Å². The highest BCUT2D eigenvalue weighted by Crippen LogP contribution is 2.31. The zero-order chi connectivity index (χ0) is 13.4. The molecule has 1 fully saturated rings. The number of nitrogens with zero attached hydrogens (tertiary/aromatic N) is 4. The molecule has 1 aliphatic heterocycles. The molecule has 0 bridgehead atoms. The van der Waals surface area contributed by atoms with Gasteiger partial charge in [0, 0.05) is 28.9 Å². The van der Waals surface area contributed by atoms with Crippen LogP contribution in [0.3, 0.4) is 0 Å². The number of halogens is 1. The van der Waals surface area contributed by atoms with Crippen LogP contribution in [0, 0.1) is 3.57 Å². The Morgan fingerprint density at radius 2 is 2.32 bits per heavy atom. The van der Waals surface area contributed by atoms with Crippen LogP contribution in [0.5, 0.6) is 0 Å². The van der Waals surface area contributed by atoms with Gasteiger partial charge in [0.05, 0.1) is 5.39 Å². The third-order valence-electron chi connectivity index (χ3n) is 3.77. The minimum absolute atomic E-state index is 0.506. The number of likely N-dealkylation sites (tertiary alicyclic amines) is 1. The van der Waals surface area contributed by atoms with Gasteiger partial charge in [-0.25, -0.2) is 9.97 Å². The second kappa shape index (κ2) is 5.24. The molecular formula is C13H18IN5. The van der Waals surface area contributed by atoms with Gasteiger partial charge in [-0.05, 0) is 42.0 Å². The maximum atomic E-state index is 5.96. The van der Waals surface area contributed by atoms with Crippen LogP contribution in [0.2, 0.25) is 0 Å². The van der Waals surface area contributed by atoms with Gasteiger partial charge in [0.1, 0.15) is 17.8 Å². The number of nitrogens with two attached hydrogens (primary N) is 1. The normalized spacial score (nSPS) is 20.4. The number of hydrogen-bond acceptors (Lipinski definition) is 4. The van der Waals surface area contributed by atoms with E-state index in [9.17, 15) is 0 Å². The molecular weight excluding hydrogens is 353 g/mol. The van der Waals surface area contributed by atoms with Crippen molar-refractivity contribution < 1.29 is 0 Å². The van der Waals surface area contributed by atoms with Crippen molar-refractivity contribution in [2.45, 2.75) is 25.8 Å². The summed E-state index contributed by atoms with van der Waals surface area (Å²) in [6.07, 6.45) is 6.12. The lowest BCUT2D eigenvalue weighted by atomic mass is 10.2. The number of fused-ring (bicyclic) bond motifs is 1. The Kier molecular flexibility index (Phi) is 3.62. The highest BCUT2D eigenvalue weighted by molar-refractivity contribution is 14.1. The molecule has 6 heteroatoms. The summed E-state index contributed by atoms with van der Waals surface area (Å²) in [5.74, 6) is 0.580. The second-order valence-corrected chi connectivity index (χ2v) is 6.25. The molecule has 0 radical (unpaired) electrons. The first-order chi connectivity index (χ1) is 9.20. The summed E-state index contributed by atoms with van der Waals surface area (Å²) in [6, 6.07) is 0.506. The molecule has 1 atom stereocenters. The summed E-state index contributed by atoms with van der Waals surface area (Å²) in [6.45, 7) is 5.70. The molecule has 1 saturated heterocycles. The Bertz CT molecular complexity index is 594. The van der Waals surface area contributed by atoms with Crippen LogP contribution >= 0.6 is 22.6 Å². The van der Waals surface area contributed by atoms with Gasteiger partial charge < -0.3 is 15.2 Å². The minimum Gasteiger partial charge on any atom is -0.383 e. The molecule has 3 heterocycles. The molecule has 0 amide bonds. The second-order valence-electron chi connectivity index (χ2n) is 5.08. The molecule has 19 heavy (non-hydrogen) atoms. The summed E-state index contributed by atoms with van der Waals surface area (Å²) in [7, 11) is 0. The lowest BCUT2D eigenvalue weighted by molar-refractivity contribution is 0.325. The predicted molar refractivity (Wildman–Crippen MR) is 85.0 cm³/mol. The molecule has 2 N–H and O–H groups in total. The first-order valence-corrected chi connectivity index (χ1v) is 7.77. The maximum Gasteiger partial charge on any atom is 0.146 e. The fraction of sp³-hybridized carbons (Fsp3) is 0.538. The van der Waals surface area contributed by atoms with Crippen LogP contribution in [-0.2, 0) is 0 Å². The van der Waals surface area contributed by atoms with Crippen LogP contribution in [0.4, 0.5) is 5.82 Å². The van der Waals surface area contributed by atoms with Gasteiger partial charge in [0.15, 0.2) is 0 Å². The molecule has 0 aliphatic carbocycles. The van der Waals surface area contributed by atoms with E-state index in [1.807, 2.05) is 0 Å². The van der Waals surface area contributed by atoms with E-state index in [4.69, 9.17) is 5.73 Å². The standard InChI is InChI=1S/C13H18IN5/c1-2-4-18-5-3-9(6-18)19-7-10(14)11-12(15)16-8-17-13(11)19/h7-9H,2-6H2,1H3,(H2,15,16,17)/t9-/m0/s1. The molecule has 0 spiro atoms. The Hall–Kier alpha value is -0.890. The van der Waals surface area contributed by atoms with E-state index in [2.05, 4.69) is 55.1 Å². The number of hydrogen-bond donors (Lipinski definition) is 1. The van der Waals surface area contributed by atoms with Crippen LogP contribution < -0.4 is 5.73 Å². The number of rotatable bonds is 3. The van der Waals surface area contributed by atoms with Gasteiger partial charge in [0.25, 0.3) is 0 Å². The van der Waals surface area contributed by atoms with Crippen molar-refractivity contribution in [3.8, 4) is 0 Å². The highest BCUT2D eigenvalue weighted by atomic mass is 127. The predicted octanol–water partition coefficient (Wildman–Crippen LogP) is 2.27. The summed E-state index contributed by atoms with van der Waals surface area (Å²) in [4.78, 5) is 11.0. The van der Waals surface area contributed by atoms with Gasteiger partial charge >= 0.3 is 0 Å². The molecule has 102 valence electrons. The molecule has 1 aliphatic rings. The minimum atomic E-state index is 0.506. The molecule has 0 aromatic carbocycles. The highest BCUT2D eigenvalue weighted by Gasteiger charge is 2.25. The fourth-order valence-corrected chi connectivity index (χ4v) is 3.72. The van der Waals surface area contributed by atoms with Crippen LogP contribution in [0.25, 0.3) is 11.0 Å². The smallest absolute Gasteiger partial charge is 0.146 e. The topological polar surface area (TPSA) is 60.0 Å². The molecule has 5 nitrogen and oxygen atoms in total. The molecule has 2 aromatic rings. The van der Waals surface area contributed by atoms with E-state index < -0.39 is 0 Å². The van der Waals surface area contributed by atoms with Crippen LogP contribution in [0.1, 0.15) is 25.8 Å². The average Bonchev–Trinajstić information content (AvgIpc) is 2.96. The number of anilines is 1. The monoisotopic (exact) mass is 371 g/mol. The molecule has 2 aromatic heterocycles. The zero-order valence-electron chi connectivity index (χ0n) is 11.0. The van der Waals surface area contributed by atoms with Gasteiger partial charge in [-0.1, -0.05) is 6.92 Å². The Morgan fingerprint density at radius 1 is 1.47 bits per heavy atom. The summed E-state index contributed by atoms with van der Waals surface area (Å²) in [5.41, 5.74) is 6.94.